The second-order valence-corrected chi connectivity index (χ2v) is 6.44. The number of carbonyl (C=O) groups excluding carboxylic acids is 1. The van der Waals surface area contributed by atoms with E-state index in [1.54, 1.807) is 13.8 Å². The Morgan fingerprint density at radius 3 is 2.18 bits per heavy atom. The summed E-state index contributed by atoms with van der Waals surface area (Å²) in [5, 5.41) is 0. The summed E-state index contributed by atoms with van der Waals surface area (Å²) in [6.45, 7) is 11.9. The van der Waals surface area contributed by atoms with Gasteiger partial charge < -0.3 is 15.4 Å². The van der Waals surface area contributed by atoms with E-state index in [1.165, 1.54) is 13.8 Å². The van der Waals surface area contributed by atoms with E-state index in [4.69, 9.17) is 8.92 Å². The highest BCUT2D eigenvalue weighted by Gasteiger charge is 2.39. The van der Waals surface area contributed by atoms with Gasteiger partial charge in [0, 0.05) is 11.5 Å². The van der Waals surface area contributed by atoms with Gasteiger partial charge in [-0.1, -0.05) is 33.8 Å². The molecule has 0 amide bonds. The minimum atomic E-state index is -4.84. The summed E-state index contributed by atoms with van der Waals surface area (Å²) in [7, 11) is -4.84. The average Bonchev–Trinajstić information content (AvgIpc) is 2.34. The molecule has 8 heteroatoms. The summed E-state index contributed by atoms with van der Waals surface area (Å²) in [4.78, 5) is 11.7. The first-order chi connectivity index (χ1) is 9.46. The van der Waals surface area contributed by atoms with Crippen LogP contribution in [0.1, 0.15) is 53.9 Å². The van der Waals surface area contributed by atoms with Crippen molar-refractivity contribution in [2.24, 2.45) is 5.92 Å². The van der Waals surface area contributed by atoms with E-state index in [1.807, 2.05) is 6.92 Å². The van der Waals surface area contributed by atoms with Gasteiger partial charge in [-0.15, -0.1) is 0 Å². The van der Waals surface area contributed by atoms with E-state index < -0.39 is 34.0 Å². The van der Waals surface area contributed by atoms with Gasteiger partial charge in [-0.2, -0.15) is 0 Å². The number of rotatable bonds is 9. The van der Waals surface area contributed by atoms with E-state index in [0.717, 1.165) is 6.42 Å². The van der Waals surface area contributed by atoms with Gasteiger partial charge in [-0.3, -0.25) is 4.18 Å². The summed E-state index contributed by atoms with van der Waals surface area (Å²) >= 11 is 0. The first-order valence-corrected chi connectivity index (χ1v) is 8.33. The van der Waals surface area contributed by atoms with Crippen molar-refractivity contribution in [3.63, 3.8) is 0 Å². The first-order valence-electron chi connectivity index (χ1n) is 6.99. The fraction of sp³-hybridized carbons (Fsp3) is 0.786. The molecular formula is C14H29NO6S. The summed E-state index contributed by atoms with van der Waals surface area (Å²) in [6.07, 6.45) is 1.02. The molecule has 0 aromatic carbocycles. The third kappa shape index (κ3) is 7.35. The quantitative estimate of drug-likeness (QED) is 0.297. The molecule has 22 heavy (non-hydrogen) atoms. The van der Waals surface area contributed by atoms with Crippen molar-refractivity contribution in [2.45, 2.75) is 65.6 Å². The van der Waals surface area contributed by atoms with Gasteiger partial charge in [0.1, 0.15) is 6.10 Å². The standard InChI is InChI=1S/C14H26O6S.H3N/c1-7-9-12(19-13(15)10(3)4)11(5)14(6,8-2)20-21(16,17)18;/h11-12H,3,7-9H2,1-2,4-6H3,(H,16,17,18);1H3. The Morgan fingerprint density at radius 1 is 1.36 bits per heavy atom. The third-order valence-electron chi connectivity index (χ3n) is 3.70. The molecule has 0 spiro atoms. The van der Waals surface area contributed by atoms with Crippen LogP contribution in [0.2, 0.25) is 0 Å². The predicted octanol–water partition coefficient (Wildman–Crippen LogP) is 2.93. The van der Waals surface area contributed by atoms with Crippen molar-refractivity contribution in [2.75, 3.05) is 0 Å². The summed E-state index contributed by atoms with van der Waals surface area (Å²) in [6, 6.07) is 0. The molecule has 0 radical (unpaired) electrons. The summed E-state index contributed by atoms with van der Waals surface area (Å²) in [5.74, 6) is -1.00. The number of carbonyl (C=O) groups is 1. The Balaban J connectivity index is 0. The lowest BCUT2D eigenvalue weighted by Gasteiger charge is -2.38. The summed E-state index contributed by atoms with van der Waals surface area (Å²) in [5.41, 5.74) is -0.964. The van der Waals surface area contributed by atoms with Crippen LogP contribution in [0.3, 0.4) is 0 Å². The van der Waals surface area contributed by atoms with Crippen LogP contribution in [0.4, 0.5) is 0 Å². The maximum absolute atomic E-state index is 11.7. The van der Waals surface area contributed by atoms with Crippen LogP contribution < -0.4 is 6.15 Å². The van der Waals surface area contributed by atoms with Gasteiger partial charge in [-0.05, 0) is 26.7 Å². The highest BCUT2D eigenvalue weighted by molar-refractivity contribution is 7.80. The number of ether oxygens (including phenoxy) is 1. The molecule has 0 saturated heterocycles. The molecule has 0 heterocycles. The number of hydrogen-bond donors (Lipinski definition) is 1. The minimum absolute atomic E-state index is 0. The maximum Gasteiger partial charge on any atom is 0.333 e. The SMILES string of the molecule is C=C(C)C(=O)OC(CCC)C(C)C(C)(CC)OS(=O)(=O)[O-].[NH4+]. The van der Waals surface area contributed by atoms with E-state index in [-0.39, 0.29) is 11.7 Å². The Labute approximate surface area is 133 Å². The van der Waals surface area contributed by atoms with Crippen molar-refractivity contribution in [3.8, 4) is 0 Å². The molecular weight excluding hydrogens is 310 g/mol. The smallest absolute Gasteiger partial charge is 0.333 e. The molecule has 4 N–H and O–H groups in total. The number of esters is 1. The molecule has 0 aliphatic heterocycles. The third-order valence-corrected chi connectivity index (χ3v) is 4.28. The Hall–Kier alpha value is -0.960. The van der Waals surface area contributed by atoms with Crippen LogP contribution in [-0.4, -0.2) is 30.6 Å². The van der Waals surface area contributed by atoms with Crippen molar-refractivity contribution in [3.05, 3.63) is 12.2 Å². The molecule has 0 rings (SSSR count). The predicted molar refractivity (Wildman–Crippen MR) is 84.2 cm³/mol. The van der Waals surface area contributed by atoms with Gasteiger partial charge in [-0.25, -0.2) is 13.2 Å². The molecule has 7 nitrogen and oxygen atoms in total. The van der Waals surface area contributed by atoms with Crippen LogP contribution in [0.5, 0.6) is 0 Å². The van der Waals surface area contributed by atoms with Crippen molar-refractivity contribution in [1.82, 2.24) is 6.15 Å². The lowest BCUT2D eigenvalue weighted by Crippen LogP contribution is -2.45. The largest absolute Gasteiger partial charge is 0.726 e. The number of hydrogen-bond acceptors (Lipinski definition) is 6. The van der Waals surface area contributed by atoms with Gasteiger partial charge in [0.15, 0.2) is 0 Å². The van der Waals surface area contributed by atoms with E-state index in [9.17, 15) is 17.8 Å². The molecule has 3 atom stereocenters. The van der Waals surface area contributed by atoms with E-state index in [0.29, 0.717) is 12.8 Å². The Kier molecular flexibility index (Phi) is 9.79. The molecule has 0 aromatic rings. The fourth-order valence-electron chi connectivity index (χ4n) is 2.02. The van der Waals surface area contributed by atoms with Crippen LogP contribution in [0.25, 0.3) is 0 Å². The van der Waals surface area contributed by atoms with Gasteiger partial charge in [0.2, 0.25) is 10.4 Å². The normalized spacial score (nSPS) is 16.8. The zero-order valence-corrected chi connectivity index (χ0v) is 15.2. The van der Waals surface area contributed by atoms with Crippen LogP contribution in [0, 0.1) is 5.92 Å². The topological polar surface area (TPSA) is 129 Å². The molecule has 0 aliphatic carbocycles. The highest BCUT2D eigenvalue weighted by Crippen LogP contribution is 2.33. The Bertz CT molecular complexity index is 476. The first kappa shape index (κ1) is 23.3. The average molecular weight is 339 g/mol. The van der Waals surface area contributed by atoms with Gasteiger partial charge in [0.05, 0.1) is 5.60 Å². The molecule has 0 aromatic heterocycles. The number of quaternary nitrogens is 1. The van der Waals surface area contributed by atoms with Gasteiger partial charge in [0.25, 0.3) is 0 Å². The zero-order chi connectivity index (χ0) is 16.8. The van der Waals surface area contributed by atoms with Gasteiger partial charge >= 0.3 is 5.97 Å². The van der Waals surface area contributed by atoms with Crippen LogP contribution in [0.15, 0.2) is 12.2 Å². The second kappa shape index (κ2) is 9.24. The lowest BCUT2D eigenvalue weighted by atomic mass is 9.82. The second-order valence-electron chi connectivity index (χ2n) is 5.46. The van der Waals surface area contributed by atoms with Crippen molar-refractivity contribution < 1.29 is 26.7 Å². The molecule has 0 bridgehead atoms. The maximum atomic E-state index is 11.7. The van der Waals surface area contributed by atoms with Crippen molar-refractivity contribution >= 4 is 16.4 Å². The fourth-order valence-corrected chi connectivity index (χ4v) is 2.75. The van der Waals surface area contributed by atoms with Crippen molar-refractivity contribution in [1.29, 1.82) is 0 Å². The molecule has 0 fully saturated rings. The lowest BCUT2D eigenvalue weighted by molar-refractivity contribution is -0.152. The minimum Gasteiger partial charge on any atom is -0.726 e. The molecule has 132 valence electrons. The van der Waals surface area contributed by atoms with Crippen LogP contribution in [-0.2, 0) is 24.1 Å². The summed E-state index contributed by atoms with van der Waals surface area (Å²) < 4.78 is 42.8. The molecule has 0 aliphatic rings. The van der Waals surface area contributed by atoms with E-state index in [2.05, 4.69) is 6.58 Å². The van der Waals surface area contributed by atoms with Crippen LogP contribution >= 0.6 is 0 Å². The molecule has 0 saturated carbocycles. The zero-order valence-electron chi connectivity index (χ0n) is 14.3. The highest BCUT2D eigenvalue weighted by atomic mass is 32.3. The molecule has 3 unspecified atom stereocenters. The Morgan fingerprint density at radius 2 is 1.86 bits per heavy atom. The van der Waals surface area contributed by atoms with E-state index >= 15 is 0 Å². The monoisotopic (exact) mass is 339 g/mol.